The van der Waals surface area contributed by atoms with Gasteiger partial charge in [0.25, 0.3) is 5.91 Å². The van der Waals surface area contributed by atoms with Gasteiger partial charge in [0.2, 0.25) is 5.91 Å². The molecule has 0 atom stereocenters. The van der Waals surface area contributed by atoms with Crippen molar-refractivity contribution in [3.63, 3.8) is 0 Å². The highest BCUT2D eigenvalue weighted by molar-refractivity contribution is 6.00. The van der Waals surface area contributed by atoms with Crippen LogP contribution in [0.25, 0.3) is 16.9 Å². The van der Waals surface area contributed by atoms with Crippen LogP contribution in [-0.4, -0.2) is 38.9 Å². The molecule has 0 bridgehead atoms. The molecular formula is C20H23N5O2. The van der Waals surface area contributed by atoms with Crippen LogP contribution in [0.15, 0.2) is 42.9 Å². The summed E-state index contributed by atoms with van der Waals surface area (Å²) < 4.78 is 4.14. The number of nitrogens with one attached hydrogen (secondary N) is 2. The molecular weight excluding hydrogens is 342 g/mol. The van der Waals surface area contributed by atoms with Crippen molar-refractivity contribution >= 4 is 17.3 Å². The fraction of sp³-hybridized carbons (Fsp3) is 0.350. The van der Waals surface area contributed by atoms with Crippen LogP contribution in [0.5, 0.6) is 0 Å². The monoisotopic (exact) mass is 365 g/mol. The molecule has 1 saturated carbocycles. The molecule has 0 spiro atoms. The van der Waals surface area contributed by atoms with Crippen LogP contribution in [-0.2, 0) is 11.3 Å². The maximum absolute atomic E-state index is 12.6. The Bertz CT molecular complexity index is 983. The SMILES string of the molecule is CC(=O)NCCNC(=O)c1nc(-c2ccn(CC3CC3)c2)n2ccccc12. The lowest BCUT2D eigenvalue weighted by Crippen LogP contribution is -2.33. The zero-order valence-corrected chi connectivity index (χ0v) is 15.3. The average Bonchev–Trinajstić information content (AvgIpc) is 3.20. The van der Waals surface area contributed by atoms with E-state index in [2.05, 4.69) is 32.6 Å². The van der Waals surface area contributed by atoms with E-state index in [1.807, 2.05) is 34.9 Å². The highest BCUT2D eigenvalue weighted by Gasteiger charge is 2.22. The van der Waals surface area contributed by atoms with E-state index in [1.54, 1.807) is 0 Å². The molecule has 3 heterocycles. The molecule has 7 heteroatoms. The van der Waals surface area contributed by atoms with Gasteiger partial charge in [-0.05, 0) is 37.0 Å². The van der Waals surface area contributed by atoms with E-state index in [9.17, 15) is 9.59 Å². The molecule has 0 aromatic carbocycles. The second-order valence-corrected chi connectivity index (χ2v) is 7.02. The first-order chi connectivity index (χ1) is 13.1. The molecule has 3 aromatic rings. The lowest BCUT2D eigenvalue weighted by atomic mass is 10.3. The molecule has 0 radical (unpaired) electrons. The molecule has 1 fully saturated rings. The Kier molecular flexibility index (Phi) is 4.66. The maximum atomic E-state index is 12.6. The molecule has 140 valence electrons. The van der Waals surface area contributed by atoms with E-state index in [0.717, 1.165) is 29.4 Å². The number of carbonyl (C=O) groups excluding carboxylic acids is 2. The summed E-state index contributed by atoms with van der Waals surface area (Å²) in [7, 11) is 0. The summed E-state index contributed by atoms with van der Waals surface area (Å²) in [6, 6.07) is 7.76. The van der Waals surface area contributed by atoms with E-state index in [1.165, 1.54) is 19.8 Å². The van der Waals surface area contributed by atoms with Gasteiger partial charge in [-0.3, -0.25) is 14.0 Å². The molecule has 1 aliphatic carbocycles. The normalized spacial score (nSPS) is 13.7. The van der Waals surface area contributed by atoms with Gasteiger partial charge in [-0.2, -0.15) is 0 Å². The minimum atomic E-state index is -0.243. The molecule has 1 aliphatic rings. The minimum Gasteiger partial charge on any atom is -0.355 e. The molecule has 0 aliphatic heterocycles. The van der Waals surface area contributed by atoms with Crippen molar-refractivity contribution in [2.75, 3.05) is 13.1 Å². The molecule has 0 saturated heterocycles. The summed E-state index contributed by atoms with van der Waals surface area (Å²) in [6.07, 6.45) is 8.71. The largest absolute Gasteiger partial charge is 0.355 e. The van der Waals surface area contributed by atoms with Crippen LogP contribution in [0.2, 0.25) is 0 Å². The van der Waals surface area contributed by atoms with Gasteiger partial charge < -0.3 is 15.2 Å². The summed E-state index contributed by atoms with van der Waals surface area (Å²) in [4.78, 5) is 28.2. The topological polar surface area (TPSA) is 80.4 Å². The van der Waals surface area contributed by atoms with E-state index in [4.69, 9.17) is 0 Å². The quantitative estimate of drug-likeness (QED) is 0.629. The van der Waals surface area contributed by atoms with Gasteiger partial charge in [-0.1, -0.05) is 6.07 Å². The lowest BCUT2D eigenvalue weighted by Gasteiger charge is -2.04. The number of fused-ring (bicyclic) bond motifs is 1. The Balaban J connectivity index is 1.57. The Morgan fingerprint density at radius 2 is 1.96 bits per heavy atom. The van der Waals surface area contributed by atoms with Crippen molar-refractivity contribution in [2.45, 2.75) is 26.3 Å². The first-order valence-electron chi connectivity index (χ1n) is 9.27. The van der Waals surface area contributed by atoms with Gasteiger partial charge in [0, 0.05) is 50.7 Å². The highest BCUT2D eigenvalue weighted by atomic mass is 16.2. The van der Waals surface area contributed by atoms with E-state index in [-0.39, 0.29) is 11.8 Å². The molecule has 2 amide bonds. The van der Waals surface area contributed by atoms with E-state index < -0.39 is 0 Å². The molecule has 3 aromatic heterocycles. The number of nitrogens with zero attached hydrogens (tertiary/aromatic N) is 3. The summed E-state index contributed by atoms with van der Waals surface area (Å²) >= 11 is 0. The van der Waals surface area contributed by atoms with E-state index in [0.29, 0.717) is 18.8 Å². The first kappa shape index (κ1) is 17.3. The van der Waals surface area contributed by atoms with Gasteiger partial charge in [-0.25, -0.2) is 4.98 Å². The van der Waals surface area contributed by atoms with Crippen LogP contribution in [0, 0.1) is 5.92 Å². The van der Waals surface area contributed by atoms with Crippen molar-refractivity contribution in [1.82, 2.24) is 24.6 Å². The Morgan fingerprint density at radius 1 is 1.15 bits per heavy atom. The number of hydrogen-bond donors (Lipinski definition) is 2. The standard InChI is InChI=1S/C20H23N5O2/c1-14(26)21-8-9-22-20(27)18-17-4-2-3-10-25(17)19(23-18)16-7-11-24(13-16)12-15-5-6-15/h2-4,7,10-11,13,15H,5-6,8-9,12H2,1H3,(H,21,26)(H,22,27). The molecule has 4 rings (SSSR count). The fourth-order valence-corrected chi connectivity index (χ4v) is 3.19. The predicted molar refractivity (Wildman–Crippen MR) is 102 cm³/mol. The smallest absolute Gasteiger partial charge is 0.272 e. The molecule has 0 unspecified atom stereocenters. The van der Waals surface area contributed by atoms with Gasteiger partial charge in [-0.15, -0.1) is 0 Å². The number of amides is 2. The second kappa shape index (κ2) is 7.26. The van der Waals surface area contributed by atoms with Gasteiger partial charge >= 0.3 is 0 Å². The number of aromatic nitrogens is 3. The molecule has 27 heavy (non-hydrogen) atoms. The van der Waals surface area contributed by atoms with Crippen molar-refractivity contribution < 1.29 is 9.59 Å². The van der Waals surface area contributed by atoms with Crippen LogP contribution in [0.3, 0.4) is 0 Å². The van der Waals surface area contributed by atoms with Crippen LogP contribution in [0.1, 0.15) is 30.3 Å². The zero-order valence-electron chi connectivity index (χ0n) is 15.3. The Hall–Kier alpha value is -3.09. The van der Waals surface area contributed by atoms with Gasteiger partial charge in [0.1, 0.15) is 5.82 Å². The molecule has 7 nitrogen and oxygen atoms in total. The Morgan fingerprint density at radius 3 is 2.74 bits per heavy atom. The predicted octanol–water partition coefficient (Wildman–Crippen LogP) is 2.08. The second-order valence-electron chi connectivity index (χ2n) is 7.02. The molecule has 2 N–H and O–H groups in total. The Labute approximate surface area is 157 Å². The maximum Gasteiger partial charge on any atom is 0.272 e. The lowest BCUT2D eigenvalue weighted by molar-refractivity contribution is -0.118. The number of rotatable bonds is 7. The summed E-state index contributed by atoms with van der Waals surface area (Å²) in [5.74, 6) is 1.20. The highest BCUT2D eigenvalue weighted by Crippen LogP contribution is 2.31. The number of hydrogen-bond acceptors (Lipinski definition) is 3. The van der Waals surface area contributed by atoms with Crippen molar-refractivity contribution in [2.24, 2.45) is 5.92 Å². The minimum absolute atomic E-state index is 0.116. The number of pyridine rings is 1. The van der Waals surface area contributed by atoms with E-state index >= 15 is 0 Å². The van der Waals surface area contributed by atoms with Gasteiger partial charge in [0.15, 0.2) is 5.69 Å². The zero-order chi connectivity index (χ0) is 18.8. The third-order valence-corrected chi connectivity index (χ3v) is 4.72. The van der Waals surface area contributed by atoms with Crippen molar-refractivity contribution in [3.05, 3.63) is 48.5 Å². The third-order valence-electron chi connectivity index (χ3n) is 4.72. The van der Waals surface area contributed by atoms with Crippen molar-refractivity contribution in [3.8, 4) is 11.4 Å². The summed E-state index contributed by atoms with van der Waals surface area (Å²) in [5, 5.41) is 5.48. The average molecular weight is 365 g/mol. The number of carbonyl (C=O) groups is 2. The van der Waals surface area contributed by atoms with Crippen LogP contribution < -0.4 is 10.6 Å². The summed E-state index contributed by atoms with van der Waals surface area (Å²) in [6.45, 7) is 3.24. The summed E-state index contributed by atoms with van der Waals surface area (Å²) in [5.41, 5.74) is 2.15. The number of imidazole rings is 1. The van der Waals surface area contributed by atoms with Gasteiger partial charge in [0.05, 0.1) is 5.52 Å². The third kappa shape index (κ3) is 3.86. The van der Waals surface area contributed by atoms with Crippen molar-refractivity contribution in [1.29, 1.82) is 0 Å². The van der Waals surface area contributed by atoms with Crippen LogP contribution >= 0.6 is 0 Å². The fourth-order valence-electron chi connectivity index (χ4n) is 3.19. The first-order valence-corrected chi connectivity index (χ1v) is 9.27. The van der Waals surface area contributed by atoms with Crippen LogP contribution in [0.4, 0.5) is 0 Å².